The number of hydrazone groups is 1. The van der Waals surface area contributed by atoms with E-state index in [1.807, 2.05) is 0 Å². The highest BCUT2D eigenvalue weighted by molar-refractivity contribution is 6.02. The predicted octanol–water partition coefficient (Wildman–Crippen LogP) is 2.25. The van der Waals surface area contributed by atoms with E-state index in [0.717, 1.165) is 5.56 Å². The lowest BCUT2D eigenvalue weighted by Gasteiger charge is -2.10. The van der Waals surface area contributed by atoms with E-state index in [2.05, 4.69) is 15.5 Å². The number of rotatable bonds is 5. The first-order valence-electron chi connectivity index (χ1n) is 6.63. The van der Waals surface area contributed by atoms with Crippen LogP contribution in [-0.4, -0.2) is 30.8 Å². The Morgan fingerprint density at radius 1 is 1.18 bits per heavy atom. The second kappa shape index (κ2) is 7.21. The minimum atomic E-state index is -0.373. The van der Waals surface area contributed by atoms with E-state index in [9.17, 15) is 4.79 Å². The predicted molar refractivity (Wildman–Crippen MR) is 83.5 cm³/mol. The summed E-state index contributed by atoms with van der Waals surface area (Å²) < 4.78 is 10.5. The molecule has 0 aliphatic rings. The van der Waals surface area contributed by atoms with E-state index in [4.69, 9.17) is 9.47 Å². The fraction of sp³-hybridized carbons (Fsp3) is 0.188. The van der Waals surface area contributed by atoms with Gasteiger partial charge in [-0.15, -0.1) is 0 Å². The van der Waals surface area contributed by atoms with Gasteiger partial charge in [-0.2, -0.15) is 5.10 Å². The van der Waals surface area contributed by atoms with Gasteiger partial charge in [0.1, 0.15) is 17.2 Å². The lowest BCUT2D eigenvalue weighted by molar-refractivity contribution is 0.0950. The van der Waals surface area contributed by atoms with Crippen LogP contribution in [0.2, 0.25) is 0 Å². The van der Waals surface area contributed by atoms with Gasteiger partial charge >= 0.3 is 0 Å². The van der Waals surface area contributed by atoms with E-state index in [-0.39, 0.29) is 5.91 Å². The third-order valence-corrected chi connectivity index (χ3v) is 3.02. The average molecular weight is 299 g/mol. The number of ether oxygens (including phenoxy) is 2. The molecule has 22 heavy (non-hydrogen) atoms. The molecule has 0 aliphatic carbocycles. The highest BCUT2D eigenvalue weighted by atomic mass is 16.5. The van der Waals surface area contributed by atoms with Crippen molar-refractivity contribution in [3.8, 4) is 11.5 Å². The molecule has 1 amide bonds. The van der Waals surface area contributed by atoms with Crippen molar-refractivity contribution >= 4 is 11.6 Å². The maximum absolute atomic E-state index is 11.9. The third kappa shape index (κ3) is 3.60. The molecule has 6 heteroatoms. The van der Waals surface area contributed by atoms with Gasteiger partial charge in [0.15, 0.2) is 0 Å². The number of benzene rings is 1. The summed E-state index contributed by atoms with van der Waals surface area (Å²) in [5, 5.41) is 4.10. The van der Waals surface area contributed by atoms with Crippen molar-refractivity contribution in [2.24, 2.45) is 5.10 Å². The zero-order valence-electron chi connectivity index (χ0n) is 12.7. The summed E-state index contributed by atoms with van der Waals surface area (Å²) in [6.45, 7) is 1.77. The van der Waals surface area contributed by atoms with Crippen molar-refractivity contribution in [3.63, 3.8) is 0 Å². The third-order valence-electron chi connectivity index (χ3n) is 3.02. The Kier molecular flexibility index (Phi) is 5.08. The first kappa shape index (κ1) is 15.5. The van der Waals surface area contributed by atoms with Crippen LogP contribution in [-0.2, 0) is 0 Å². The van der Waals surface area contributed by atoms with Gasteiger partial charge in [-0.3, -0.25) is 9.78 Å². The van der Waals surface area contributed by atoms with Crippen molar-refractivity contribution in [2.45, 2.75) is 6.92 Å². The number of nitrogens with zero attached hydrogens (tertiary/aromatic N) is 2. The number of hydrogen-bond acceptors (Lipinski definition) is 5. The molecule has 2 aromatic rings. The fourth-order valence-corrected chi connectivity index (χ4v) is 1.85. The van der Waals surface area contributed by atoms with Crippen LogP contribution in [0.15, 0.2) is 47.7 Å². The molecular formula is C16H17N3O3. The Hall–Kier alpha value is -2.89. The molecule has 0 saturated heterocycles. The van der Waals surface area contributed by atoms with Crippen LogP contribution in [0.5, 0.6) is 11.5 Å². The van der Waals surface area contributed by atoms with Gasteiger partial charge in [0, 0.05) is 11.8 Å². The summed E-state index contributed by atoms with van der Waals surface area (Å²) in [6.07, 6.45) is 1.55. The highest BCUT2D eigenvalue weighted by Gasteiger charge is 2.10. The molecule has 0 fully saturated rings. The molecule has 0 radical (unpaired) electrons. The topological polar surface area (TPSA) is 72.8 Å². The summed E-state index contributed by atoms with van der Waals surface area (Å²) in [5.74, 6) is 0.956. The van der Waals surface area contributed by atoms with Gasteiger partial charge in [0.25, 0.3) is 5.91 Å². The number of hydrogen-bond donors (Lipinski definition) is 1. The first-order valence-corrected chi connectivity index (χ1v) is 6.63. The Morgan fingerprint density at radius 3 is 2.64 bits per heavy atom. The van der Waals surface area contributed by atoms with Crippen LogP contribution in [0, 0.1) is 0 Å². The Morgan fingerprint density at radius 2 is 2.00 bits per heavy atom. The standard InChI is InChI=1S/C16H17N3O3/c1-11(13-10-12(21-2)7-8-15(13)22-3)18-19-16(20)14-6-4-5-9-17-14/h4-10H,1-3H3,(H,19,20)/b18-11-. The first-order chi connectivity index (χ1) is 10.7. The maximum Gasteiger partial charge on any atom is 0.289 e. The van der Waals surface area contributed by atoms with Gasteiger partial charge in [-0.1, -0.05) is 6.07 Å². The van der Waals surface area contributed by atoms with E-state index >= 15 is 0 Å². The van der Waals surface area contributed by atoms with Crippen molar-refractivity contribution < 1.29 is 14.3 Å². The van der Waals surface area contributed by atoms with Crippen LogP contribution in [0.3, 0.4) is 0 Å². The van der Waals surface area contributed by atoms with E-state index in [1.165, 1.54) is 0 Å². The largest absolute Gasteiger partial charge is 0.497 e. The number of amides is 1. The lowest BCUT2D eigenvalue weighted by atomic mass is 10.1. The van der Waals surface area contributed by atoms with Crippen molar-refractivity contribution in [2.75, 3.05) is 14.2 Å². The minimum absolute atomic E-state index is 0.302. The molecule has 1 aromatic carbocycles. The van der Waals surface area contributed by atoms with Crippen LogP contribution >= 0.6 is 0 Å². The molecule has 0 unspecified atom stereocenters. The smallest absolute Gasteiger partial charge is 0.289 e. The Balaban J connectivity index is 2.20. The number of methoxy groups -OCH3 is 2. The molecule has 0 spiro atoms. The molecule has 0 aliphatic heterocycles. The summed E-state index contributed by atoms with van der Waals surface area (Å²) in [7, 11) is 3.16. The summed E-state index contributed by atoms with van der Waals surface area (Å²) in [5.41, 5.74) is 4.11. The van der Waals surface area contributed by atoms with E-state index in [1.54, 1.807) is 63.7 Å². The summed E-state index contributed by atoms with van der Waals surface area (Å²) in [6, 6.07) is 10.5. The fourth-order valence-electron chi connectivity index (χ4n) is 1.85. The molecule has 2 rings (SSSR count). The molecule has 1 heterocycles. The van der Waals surface area contributed by atoms with Crippen molar-refractivity contribution in [1.29, 1.82) is 0 Å². The maximum atomic E-state index is 11.9. The molecule has 6 nitrogen and oxygen atoms in total. The van der Waals surface area contributed by atoms with Crippen LogP contribution in [0.4, 0.5) is 0 Å². The SMILES string of the molecule is COc1ccc(OC)c(/C(C)=N\NC(=O)c2ccccn2)c1. The van der Waals surface area contributed by atoms with Crippen LogP contribution in [0.1, 0.15) is 23.0 Å². The number of aromatic nitrogens is 1. The second-order valence-electron chi connectivity index (χ2n) is 4.42. The minimum Gasteiger partial charge on any atom is -0.497 e. The van der Waals surface area contributed by atoms with Crippen molar-refractivity contribution in [3.05, 3.63) is 53.9 Å². The molecular weight excluding hydrogens is 282 g/mol. The highest BCUT2D eigenvalue weighted by Crippen LogP contribution is 2.24. The van der Waals surface area contributed by atoms with Gasteiger partial charge in [-0.05, 0) is 37.3 Å². The molecule has 0 bridgehead atoms. The Labute approximate surface area is 128 Å². The second-order valence-corrected chi connectivity index (χ2v) is 4.42. The quantitative estimate of drug-likeness (QED) is 0.679. The monoisotopic (exact) mass is 299 g/mol. The molecule has 1 N–H and O–H groups in total. The summed E-state index contributed by atoms with van der Waals surface area (Å²) in [4.78, 5) is 15.9. The lowest BCUT2D eigenvalue weighted by Crippen LogP contribution is -2.20. The number of pyridine rings is 1. The molecule has 0 atom stereocenters. The zero-order chi connectivity index (χ0) is 15.9. The average Bonchev–Trinajstić information content (AvgIpc) is 2.59. The normalized spacial score (nSPS) is 11.0. The van der Waals surface area contributed by atoms with E-state index < -0.39 is 0 Å². The number of carbonyl (C=O) groups is 1. The number of carbonyl (C=O) groups excluding carboxylic acids is 1. The van der Waals surface area contributed by atoms with E-state index in [0.29, 0.717) is 22.9 Å². The van der Waals surface area contributed by atoms with Crippen molar-refractivity contribution in [1.82, 2.24) is 10.4 Å². The molecule has 1 aromatic heterocycles. The zero-order valence-corrected chi connectivity index (χ0v) is 12.7. The van der Waals surface area contributed by atoms with Gasteiger partial charge in [-0.25, -0.2) is 5.43 Å². The molecule has 0 saturated carbocycles. The van der Waals surface area contributed by atoms with Gasteiger partial charge in [0.05, 0.1) is 19.9 Å². The molecule has 114 valence electrons. The van der Waals surface area contributed by atoms with Crippen LogP contribution in [0.25, 0.3) is 0 Å². The number of nitrogens with one attached hydrogen (secondary N) is 1. The van der Waals surface area contributed by atoms with Gasteiger partial charge < -0.3 is 9.47 Å². The van der Waals surface area contributed by atoms with Crippen LogP contribution < -0.4 is 14.9 Å². The Bertz CT molecular complexity index is 684. The van der Waals surface area contributed by atoms with Gasteiger partial charge in [0.2, 0.25) is 0 Å². The summed E-state index contributed by atoms with van der Waals surface area (Å²) >= 11 is 0.